The van der Waals surface area contributed by atoms with Gasteiger partial charge in [0.15, 0.2) is 0 Å². The van der Waals surface area contributed by atoms with Gasteiger partial charge in [0.25, 0.3) is 0 Å². The molecule has 0 aliphatic rings. The molecule has 0 saturated carbocycles. The standard InChI is InChI=1S/C10H12F2N2O.ClH/c11-7-4-8(12)6-9(5-7)14-10(15)2-1-3-13;/h4-6H,1-3,13H2,(H,14,15);1H. The van der Waals surface area contributed by atoms with E-state index < -0.39 is 11.6 Å². The van der Waals surface area contributed by atoms with Crippen molar-refractivity contribution in [3.05, 3.63) is 29.8 Å². The SMILES string of the molecule is Cl.NCCCC(=O)Nc1cc(F)cc(F)c1. The van der Waals surface area contributed by atoms with E-state index in [4.69, 9.17) is 5.73 Å². The lowest BCUT2D eigenvalue weighted by Crippen LogP contribution is -2.13. The first kappa shape index (κ1) is 14.8. The van der Waals surface area contributed by atoms with E-state index in [2.05, 4.69) is 5.32 Å². The van der Waals surface area contributed by atoms with Gasteiger partial charge in [0, 0.05) is 18.2 Å². The summed E-state index contributed by atoms with van der Waals surface area (Å²) in [5, 5.41) is 2.38. The van der Waals surface area contributed by atoms with Crippen molar-refractivity contribution in [1.82, 2.24) is 0 Å². The average Bonchev–Trinajstić information content (AvgIpc) is 2.13. The van der Waals surface area contributed by atoms with Crippen LogP contribution in [0, 0.1) is 11.6 Å². The highest BCUT2D eigenvalue weighted by atomic mass is 35.5. The van der Waals surface area contributed by atoms with Crippen LogP contribution in [0.2, 0.25) is 0 Å². The van der Waals surface area contributed by atoms with E-state index in [1.807, 2.05) is 0 Å². The minimum absolute atomic E-state index is 0. The molecule has 0 bridgehead atoms. The Morgan fingerprint density at radius 3 is 2.31 bits per heavy atom. The fourth-order valence-corrected chi connectivity index (χ4v) is 1.11. The molecule has 0 saturated heterocycles. The summed E-state index contributed by atoms with van der Waals surface area (Å²) in [6.45, 7) is 0.408. The Bertz CT molecular complexity index is 340. The van der Waals surface area contributed by atoms with Crippen molar-refractivity contribution in [2.45, 2.75) is 12.8 Å². The Hall–Kier alpha value is -1.20. The Morgan fingerprint density at radius 2 is 1.81 bits per heavy atom. The van der Waals surface area contributed by atoms with Gasteiger partial charge in [-0.05, 0) is 25.1 Å². The largest absolute Gasteiger partial charge is 0.330 e. The molecule has 0 aliphatic heterocycles. The summed E-state index contributed by atoms with van der Waals surface area (Å²) in [6.07, 6.45) is 0.790. The number of carbonyl (C=O) groups is 1. The van der Waals surface area contributed by atoms with E-state index in [0.29, 0.717) is 13.0 Å². The quantitative estimate of drug-likeness (QED) is 0.860. The number of rotatable bonds is 4. The molecule has 0 unspecified atom stereocenters. The van der Waals surface area contributed by atoms with Crippen LogP contribution in [0.25, 0.3) is 0 Å². The van der Waals surface area contributed by atoms with Crippen molar-refractivity contribution < 1.29 is 13.6 Å². The Morgan fingerprint density at radius 1 is 1.25 bits per heavy atom. The van der Waals surface area contributed by atoms with Gasteiger partial charge in [-0.25, -0.2) is 8.78 Å². The minimum atomic E-state index is -0.718. The topological polar surface area (TPSA) is 55.1 Å². The lowest BCUT2D eigenvalue weighted by molar-refractivity contribution is -0.116. The third kappa shape index (κ3) is 5.04. The number of hydrogen-bond donors (Lipinski definition) is 2. The van der Waals surface area contributed by atoms with Crippen LogP contribution < -0.4 is 11.1 Å². The molecule has 1 amide bonds. The average molecular weight is 251 g/mol. The molecule has 0 spiro atoms. The molecule has 3 N–H and O–H groups in total. The molecule has 3 nitrogen and oxygen atoms in total. The summed E-state index contributed by atoms with van der Waals surface area (Å²) in [7, 11) is 0. The first-order valence-corrected chi connectivity index (χ1v) is 4.58. The lowest BCUT2D eigenvalue weighted by atomic mass is 10.2. The van der Waals surface area contributed by atoms with Gasteiger partial charge in [-0.2, -0.15) is 0 Å². The summed E-state index contributed by atoms with van der Waals surface area (Å²) >= 11 is 0. The van der Waals surface area contributed by atoms with Crippen molar-refractivity contribution in [2.75, 3.05) is 11.9 Å². The fourth-order valence-electron chi connectivity index (χ4n) is 1.11. The molecule has 0 aromatic heterocycles. The van der Waals surface area contributed by atoms with Crippen LogP contribution in [0.5, 0.6) is 0 Å². The van der Waals surface area contributed by atoms with Gasteiger partial charge >= 0.3 is 0 Å². The van der Waals surface area contributed by atoms with Crippen molar-refractivity contribution in [3.63, 3.8) is 0 Å². The number of anilines is 1. The summed E-state index contributed by atoms with van der Waals surface area (Å²) in [6, 6.07) is 2.86. The highest BCUT2D eigenvalue weighted by Crippen LogP contribution is 2.13. The second-order valence-corrected chi connectivity index (χ2v) is 3.10. The molecular formula is C10H13ClF2N2O. The van der Waals surface area contributed by atoms with Gasteiger partial charge in [0.1, 0.15) is 11.6 Å². The zero-order chi connectivity index (χ0) is 11.3. The van der Waals surface area contributed by atoms with E-state index in [9.17, 15) is 13.6 Å². The maximum atomic E-state index is 12.7. The third-order valence-corrected chi connectivity index (χ3v) is 1.75. The molecular weight excluding hydrogens is 238 g/mol. The molecule has 1 aromatic carbocycles. The van der Waals surface area contributed by atoms with Crippen molar-refractivity contribution in [2.24, 2.45) is 5.73 Å². The van der Waals surface area contributed by atoms with Gasteiger partial charge < -0.3 is 11.1 Å². The summed E-state index contributed by atoms with van der Waals surface area (Å²) in [4.78, 5) is 11.2. The monoisotopic (exact) mass is 250 g/mol. The first-order chi connectivity index (χ1) is 7.11. The molecule has 16 heavy (non-hydrogen) atoms. The Balaban J connectivity index is 0.00000225. The summed E-state index contributed by atoms with van der Waals surface area (Å²) in [5.41, 5.74) is 5.34. The predicted octanol–water partition coefficient (Wildman–Crippen LogP) is 2.06. The van der Waals surface area contributed by atoms with Crippen LogP contribution >= 0.6 is 12.4 Å². The molecule has 0 atom stereocenters. The lowest BCUT2D eigenvalue weighted by Gasteiger charge is -2.04. The highest BCUT2D eigenvalue weighted by Gasteiger charge is 2.04. The van der Waals surface area contributed by atoms with Gasteiger partial charge in [-0.3, -0.25) is 4.79 Å². The van der Waals surface area contributed by atoms with Gasteiger partial charge in [-0.1, -0.05) is 0 Å². The van der Waals surface area contributed by atoms with Crippen LogP contribution in [0.1, 0.15) is 12.8 Å². The number of halogens is 3. The highest BCUT2D eigenvalue weighted by molar-refractivity contribution is 5.90. The van der Waals surface area contributed by atoms with Gasteiger partial charge in [-0.15, -0.1) is 12.4 Å². The number of benzene rings is 1. The van der Waals surface area contributed by atoms with Crippen LogP contribution in [-0.4, -0.2) is 12.5 Å². The molecule has 0 fully saturated rings. The number of carbonyl (C=O) groups excluding carboxylic acids is 1. The minimum Gasteiger partial charge on any atom is -0.330 e. The number of amides is 1. The maximum Gasteiger partial charge on any atom is 0.224 e. The molecule has 1 rings (SSSR count). The van der Waals surface area contributed by atoms with Crippen molar-refractivity contribution in [1.29, 1.82) is 0 Å². The molecule has 1 aromatic rings. The molecule has 90 valence electrons. The van der Waals surface area contributed by atoms with Crippen molar-refractivity contribution >= 4 is 24.0 Å². The summed E-state index contributed by atoms with van der Waals surface area (Å²) < 4.78 is 25.4. The van der Waals surface area contributed by atoms with E-state index in [0.717, 1.165) is 18.2 Å². The first-order valence-electron chi connectivity index (χ1n) is 4.58. The second kappa shape index (κ2) is 7.14. The molecule has 0 radical (unpaired) electrons. The Kier molecular flexibility index (Phi) is 6.60. The van der Waals surface area contributed by atoms with E-state index in [-0.39, 0.29) is 30.4 Å². The third-order valence-electron chi connectivity index (χ3n) is 1.75. The Labute approximate surface area is 98.4 Å². The number of hydrogen-bond acceptors (Lipinski definition) is 2. The van der Waals surface area contributed by atoms with Crippen LogP contribution in [0.3, 0.4) is 0 Å². The van der Waals surface area contributed by atoms with E-state index in [1.54, 1.807) is 0 Å². The van der Waals surface area contributed by atoms with Gasteiger partial charge in [0.2, 0.25) is 5.91 Å². The van der Waals surface area contributed by atoms with E-state index in [1.165, 1.54) is 0 Å². The second-order valence-electron chi connectivity index (χ2n) is 3.10. The van der Waals surface area contributed by atoms with Crippen LogP contribution in [0.4, 0.5) is 14.5 Å². The fraction of sp³-hybridized carbons (Fsp3) is 0.300. The molecule has 0 heterocycles. The molecule has 0 aliphatic carbocycles. The molecule has 6 heteroatoms. The number of nitrogens with two attached hydrogens (primary N) is 1. The normalized spacial score (nSPS) is 9.44. The maximum absolute atomic E-state index is 12.7. The smallest absolute Gasteiger partial charge is 0.224 e. The summed E-state index contributed by atoms with van der Waals surface area (Å²) in [5.74, 6) is -1.74. The van der Waals surface area contributed by atoms with E-state index >= 15 is 0 Å². The predicted molar refractivity (Wildman–Crippen MR) is 60.5 cm³/mol. The number of nitrogens with one attached hydrogen (secondary N) is 1. The van der Waals surface area contributed by atoms with Gasteiger partial charge in [0.05, 0.1) is 0 Å². The zero-order valence-corrected chi connectivity index (χ0v) is 9.32. The van der Waals surface area contributed by atoms with Crippen LogP contribution in [0.15, 0.2) is 18.2 Å². The van der Waals surface area contributed by atoms with Crippen molar-refractivity contribution in [3.8, 4) is 0 Å². The zero-order valence-electron chi connectivity index (χ0n) is 8.50. The van der Waals surface area contributed by atoms with Crippen LogP contribution in [-0.2, 0) is 4.79 Å².